The van der Waals surface area contributed by atoms with Crippen molar-refractivity contribution in [3.05, 3.63) is 20.8 Å². The molecule has 0 spiro atoms. The molecule has 0 aliphatic rings. The molecule has 0 bridgehead atoms. The lowest BCUT2D eigenvalue weighted by molar-refractivity contribution is 0.102. The molecule has 2 rings (SSSR count). The predicted octanol–water partition coefficient (Wildman–Crippen LogP) is 3.40. The van der Waals surface area contributed by atoms with Gasteiger partial charge in [-0.3, -0.25) is 4.79 Å². The Morgan fingerprint density at radius 1 is 1.45 bits per heavy atom. The zero-order chi connectivity index (χ0) is 14.4. The highest BCUT2D eigenvalue weighted by Crippen LogP contribution is 2.28. The molecule has 5 nitrogen and oxygen atoms in total. The number of anilines is 1. The zero-order valence-electron chi connectivity index (χ0n) is 10.6. The van der Waals surface area contributed by atoms with E-state index in [4.69, 9.17) is 4.74 Å². The van der Waals surface area contributed by atoms with Crippen LogP contribution >= 0.6 is 50.4 Å². The fraction of sp³-hybridized carbons (Fsp3) is 0.364. The summed E-state index contributed by atoms with van der Waals surface area (Å²) < 4.78 is 6.69. The highest BCUT2D eigenvalue weighted by molar-refractivity contribution is 9.11. The second-order valence-electron chi connectivity index (χ2n) is 3.61. The molecule has 0 aliphatic heterocycles. The van der Waals surface area contributed by atoms with E-state index in [1.165, 1.54) is 34.4 Å². The molecule has 0 atom stereocenters. The maximum Gasteiger partial charge on any atom is 0.206 e. The van der Waals surface area contributed by atoms with Crippen molar-refractivity contribution in [3.8, 4) is 0 Å². The van der Waals surface area contributed by atoms with E-state index in [9.17, 15) is 4.79 Å². The second-order valence-corrected chi connectivity index (χ2v) is 8.27. The summed E-state index contributed by atoms with van der Waals surface area (Å²) in [6.07, 6.45) is 0. The number of ketones is 1. The van der Waals surface area contributed by atoms with E-state index in [0.29, 0.717) is 18.9 Å². The zero-order valence-corrected chi connectivity index (χ0v) is 14.6. The Morgan fingerprint density at radius 3 is 3.00 bits per heavy atom. The smallest absolute Gasteiger partial charge is 0.206 e. The largest absolute Gasteiger partial charge is 0.383 e. The van der Waals surface area contributed by atoms with E-state index in [1.54, 1.807) is 7.11 Å². The number of aromatic nitrogens is 2. The molecule has 0 amide bonds. The van der Waals surface area contributed by atoms with Crippen LogP contribution in [0.15, 0.2) is 20.3 Å². The first-order valence-corrected chi connectivity index (χ1v) is 9.08. The van der Waals surface area contributed by atoms with Crippen LogP contribution in [0.3, 0.4) is 0 Å². The average Bonchev–Trinajstić information content (AvgIpc) is 3.05. The predicted molar refractivity (Wildman–Crippen MR) is 87.3 cm³/mol. The van der Waals surface area contributed by atoms with Gasteiger partial charge in [0.1, 0.15) is 0 Å². The van der Waals surface area contributed by atoms with Crippen LogP contribution in [0, 0.1) is 0 Å². The number of nitrogens with zero attached hydrogens (tertiary/aromatic N) is 2. The number of Topliss-reactive ketones (excluding diaryl/α,β-unsaturated/α-hetero) is 1. The average molecular weight is 394 g/mol. The minimum atomic E-state index is 0.106. The molecular formula is C11H12BrN3O2S3. The number of nitrogens with one attached hydrogen (secondary N) is 1. The summed E-state index contributed by atoms with van der Waals surface area (Å²) in [4.78, 5) is 12.7. The van der Waals surface area contributed by atoms with Gasteiger partial charge in [-0.2, -0.15) is 0 Å². The summed E-state index contributed by atoms with van der Waals surface area (Å²) >= 11 is 7.64. The van der Waals surface area contributed by atoms with Gasteiger partial charge in [-0.15, -0.1) is 21.5 Å². The van der Waals surface area contributed by atoms with Crippen molar-refractivity contribution in [2.24, 2.45) is 0 Å². The number of ether oxygens (including phenoxy) is 1. The highest BCUT2D eigenvalue weighted by atomic mass is 79.9. The Hall–Kier alpha value is -0.480. The first kappa shape index (κ1) is 15.9. The molecule has 1 N–H and O–H groups in total. The summed E-state index contributed by atoms with van der Waals surface area (Å²) in [7, 11) is 1.65. The third-order valence-corrected chi connectivity index (χ3v) is 5.84. The second kappa shape index (κ2) is 8.08. The topological polar surface area (TPSA) is 64.1 Å². The first-order valence-electron chi connectivity index (χ1n) is 5.66. The standard InChI is InChI=1S/C11H12BrN3O2S3/c1-17-5-4-13-10-14-15-11(20-10)18-6-7(16)8-2-3-9(12)19-8/h2-3H,4-6H2,1H3,(H,13,14). The molecule has 2 aromatic heterocycles. The van der Waals surface area contributed by atoms with Crippen LogP contribution in [0.2, 0.25) is 0 Å². The van der Waals surface area contributed by atoms with Crippen LogP contribution in [-0.2, 0) is 4.74 Å². The lowest BCUT2D eigenvalue weighted by Crippen LogP contribution is -2.06. The minimum Gasteiger partial charge on any atom is -0.383 e. The van der Waals surface area contributed by atoms with Gasteiger partial charge in [-0.25, -0.2) is 0 Å². The SMILES string of the molecule is COCCNc1nnc(SCC(=O)c2ccc(Br)s2)s1. The molecule has 0 aromatic carbocycles. The molecule has 0 aliphatic carbocycles. The number of thiophene rings is 1. The molecule has 0 saturated carbocycles. The van der Waals surface area contributed by atoms with Gasteiger partial charge in [0.05, 0.1) is 21.0 Å². The van der Waals surface area contributed by atoms with Crippen LogP contribution in [0.25, 0.3) is 0 Å². The normalized spacial score (nSPS) is 10.7. The maximum absolute atomic E-state index is 11.9. The summed E-state index contributed by atoms with van der Waals surface area (Å²) in [5.74, 6) is 0.481. The van der Waals surface area contributed by atoms with Gasteiger partial charge in [-0.05, 0) is 28.1 Å². The molecule has 9 heteroatoms. The lowest BCUT2D eigenvalue weighted by Gasteiger charge is -1.98. The fourth-order valence-electron chi connectivity index (χ4n) is 1.26. The number of carbonyl (C=O) groups is 1. The molecule has 2 heterocycles. The van der Waals surface area contributed by atoms with Crippen molar-refractivity contribution in [2.75, 3.05) is 31.3 Å². The summed E-state index contributed by atoms with van der Waals surface area (Å²) in [5, 5.41) is 11.9. The quantitative estimate of drug-likeness (QED) is 0.421. The third kappa shape index (κ3) is 4.81. The van der Waals surface area contributed by atoms with Crippen molar-refractivity contribution in [1.29, 1.82) is 0 Å². The van der Waals surface area contributed by atoms with Crippen molar-refractivity contribution < 1.29 is 9.53 Å². The van der Waals surface area contributed by atoms with Gasteiger partial charge in [0.2, 0.25) is 5.13 Å². The van der Waals surface area contributed by atoms with E-state index in [-0.39, 0.29) is 5.78 Å². The van der Waals surface area contributed by atoms with Gasteiger partial charge in [0.25, 0.3) is 0 Å². The van der Waals surface area contributed by atoms with Gasteiger partial charge in [0, 0.05) is 13.7 Å². The van der Waals surface area contributed by atoms with Crippen molar-refractivity contribution in [3.63, 3.8) is 0 Å². The van der Waals surface area contributed by atoms with Gasteiger partial charge >= 0.3 is 0 Å². The van der Waals surface area contributed by atoms with E-state index in [1.807, 2.05) is 12.1 Å². The van der Waals surface area contributed by atoms with Crippen LogP contribution in [-0.4, -0.2) is 42.0 Å². The summed E-state index contributed by atoms with van der Waals surface area (Å²) in [6, 6.07) is 3.71. The van der Waals surface area contributed by atoms with Gasteiger partial charge in [-0.1, -0.05) is 23.1 Å². The lowest BCUT2D eigenvalue weighted by atomic mass is 10.4. The van der Waals surface area contributed by atoms with Crippen LogP contribution in [0.5, 0.6) is 0 Å². The Balaban J connectivity index is 1.80. The molecule has 0 radical (unpaired) electrons. The Labute approximate surface area is 137 Å². The number of hydrogen-bond acceptors (Lipinski definition) is 8. The van der Waals surface area contributed by atoms with E-state index < -0.39 is 0 Å². The number of thioether (sulfide) groups is 1. The molecule has 0 fully saturated rings. The van der Waals surface area contributed by atoms with Gasteiger partial charge < -0.3 is 10.1 Å². The molecule has 2 aromatic rings. The van der Waals surface area contributed by atoms with E-state index in [0.717, 1.165) is 18.1 Å². The minimum absolute atomic E-state index is 0.106. The number of hydrogen-bond donors (Lipinski definition) is 1. The number of carbonyl (C=O) groups excluding carboxylic acids is 1. The van der Waals surface area contributed by atoms with Crippen molar-refractivity contribution in [1.82, 2.24) is 10.2 Å². The van der Waals surface area contributed by atoms with E-state index >= 15 is 0 Å². The van der Waals surface area contributed by atoms with Crippen LogP contribution in [0.4, 0.5) is 5.13 Å². The maximum atomic E-state index is 11.9. The van der Waals surface area contributed by atoms with Crippen molar-refractivity contribution in [2.45, 2.75) is 4.34 Å². The Morgan fingerprint density at radius 2 is 2.30 bits per heavy atom. The van der Waals surface area contributed by atoms with Crippen LogP contribution in [0.1, 0.15) is 9.67 Å². The van der Waals surface area contributed by atoms with Gasteiger partial charge in [0.15, 0.2) is 10.1 Å². The fourth-order valence-corrected chi connectivity index (χ4v) is 4.34. The summed E-state index contributed by atoms with van der Waals surface area (Å²) in [6.45, 7) is 1.31. The summed E-state index contributed by atoms with van der Waals surface area (Å²) in [5.41, 5.74) is 0. The monoisotopic (exact) mass is 393 g/mol. The third-order valence-electron chi connectivity index (χ3n) is 2.16. The van der Waals surface area contributed by atoms with Crippen molar-refractivity contribution >= 4 is 61.3 Å². The molecule has 20 heavy (non-hydrogen) atoms. The molecule has 108 valence electrons. The Bertz CT molecular complexity index is 573. The number of methoxy groups -OCH3 is 1. The molecular weight excluding hydrogens is 382 g/mol. The highest BCUT2D eigenvalue weighted by Gasteiger charge is 2.11. The first-order chi connectivity index (χ1) is 9.69. The molecule has 0 saturated heterocycles. The van der Waals surface area contributed by atoms with E-state index in [2.05, 4.69) is 31.4 Å². The Kier molecular flexibility index (Phi) is 6.43. The number of rotatable bonds is 8. The number of halogens is 1. The van der Waals surface area contributed by atoms with Crippen LogP contribution < -0.4 is 5.32 Å². The molecule has 0 unspecified atom stereocenters.